The molecular weight excluding hydrogens is 386 g/mol. The molecule has 0 aromatic heterocycles. The third-order valence-corrected chi connectivity index (χ3v) is 5.87. The number of nitrogens with one attached hydrogen (secondary N) is 1. The Hall–Kier alpha value is -2.93. The SMILES string of the molecule is COc1ccc(C(CC(=O)NC2CCC(O)CC2)c2cc3c(cc2O)OCO3)cc1. The molecule has 0 bridgehead atoms. The van der Waals surface area contributed by atoms with Gasteiger partial charge in [-0.25, -0.2) is 0 Å². The Labute approximate surface area is 175 Å². The maximum absolute atomic E-state index is 12.9. The Morgan fingerprint density at radius 3 is 2.47 bits per heavy atom. The van der Waals surface area contributed by atoms with Crippen LogP contribution < -0.4 is 19.5 Å². The first-order valence-corrected chi connectivity index (χ1v) is 10.3. The normalized spacial score (nSPS) is 21.1. The van der Waals surface area contributed by atoms with Gasteiger partial charge in [-0.2, -0.15) is 0 Å². The fraction of sp³-hybridized carbons (Fsp3) is 0.435. The van der Waals surface area contributed by atoms with E-state index in [0.717, 1.165) is 24.2 Å². The standard InChI is InChI=1S/C23H27NO6/c1-28-17-8-2-14(3-9-17)18(11-23(27)24-15-4-6-16(25)7-5-15)19-10-21-22(12-20(19)26)30-13-29-21/h2-3,8-10,12,15-16,18,25-26H,4-7,11,13H2,1H3,(H,24,27). The molecule has 0 radical (unpaired) electrons. The average Bonchev–Trinajstić information content (AvgIpc) is 3.20. The number of fused-ring (bicyclic) bond motifs is 1. The van der Waals surface area contributed by atoms with Gasteiger partial charge < -0.3 is 29.7 Å². The molecule has 1 heterocycles. The number of ether oxygens (including phenoxy) is 3. The van der Waals surface area contributed by atoms with Gasteiger partial charge in [-0.05, 0) is 49.4 Å². The molecule has 160 valence electrons. The summed E-state index contributed by atoms with van der Waals surface area (Å²) in [6, 6.07) is 10.8. The van der Waals surface area contributed by atoms with Gasteiger partial charge in [0.05, 0.1) is 13.2 Å². The Bertz CT molecular complexity index is 889. The Kier molecular flexibility index (Phi) is 5.99. The quantitative estimate of drug-likeness (QED) is 0.673. The molecule has 1 fully saturated rings. The van der Waals surface area contributed by atoms with Gasteiger partial charge in [-0.1, -0.05) is 12.1 Å². The average molecular weight is 413 g/mol. The first kappa shape index (κ1) is 20.3. The van der Waals surface area contributed by atoms with Crippen LogP contribution >= 0.6 is 0 Å². The van der Waals surface area contributed by atoms with E-state index in [1.165, 1.54) is 6.07 Å². The molecular formula is C23H27NO6. The van der Waals surface area contributed by atoms with Crippen molar-refractivity contribution in [3.63, 3.8) is 0 Å². The third kappa shape index (κ3) is 4.46. The molecule has 7 heteroatoms. The van der Waals surface area contributed by atoms with Crippen molar-refractivity contribution < 1.29 is 29.2 Å². The third-order valence-electron chi connectivity index (χ3n) is 5.87. The summed E-state index contributed by atoms with van der Waals surface area (Å²) in [4.78, 5) is 12.9. The topological polar surface area (TPSA) is 97.3 Å². The van der Waals surface area contributed by atoms with Crippen LogP contribution in [0.15, 0.2) is 36.4 Å². The van der Waals surface area contributed by atoms with Crippen molar-refractivity contribution in [2.24, 2.45) is 0 Å². The maximum Gasteiger partial charge on any atom is 0.231 e. The van der Waals surface area contributed by atoms with Gasteiger partial charge in [0.15, 0.2) is 11.5 Å². The minimum absolute atomic E-state index is 0.0636. The van der Waals surface area contributed by atoms with Crippen LogP contribution in [-0.4, -0.2) is 42.2 Å². The van der Waals surface area contributed by atoms with Crippen molar-refractivity contribution >= 4 is 5.91 Å². The van der Waals surface area contributed by atoms with Gasteiger partial charge in [-0.3, -0.25) is 4.79 Å². The van der Waals surface area contributed by atoms with E-state index < -0.39 is 0 Å². The van der Waals surface area contributed by atoms with E-state index in [4.69, 9.17) is 14.2 Å². The summed E-state index contributed by atoms with van der Waals surface area (Å²) in [5, 5.41) is 23.4. The lowest BCUT2D eigenvalue weighted by molar-refractivity contribution is -0.122. The summed E-state index contributed by atoms with van der Waals surface area (Å²) in [7, 11) is 1.60. The van der Waals surface area contributed by atoms with Crippen LogP contribution in [0.5, 0.6) is 23.0 Å². The van der Waals surface area contributed by atoms with Crippen molar-refractivity contribution in [2.45, 2.75) is 50.2 Å². The summed E-state index contributed by atoms with van der Waals surface area (Å²) in [6.07, 6.45) is 2.87. The minimum Gasteiger partial charge on any atom is -0.508 e. The Morgan fingerprint density at radius 2 is 1.80 bits per heavy atom. The zero-order valence-electron chi connectivity index (χ0n) is 17.0. The van der Waals surface area contributed by atoms with E-state index in [1.54, 1.807) is 13.2 Å². The molecule has 1 atom stereocenters. The van der Waals surface area contributed by atoms with E-state index in [2.05, 4.69) is 5.32 Å². The lowest BCUT2D eigenvalue weighted by atomic mass is 9.86. The van der Waals surface area contributed by atoms with E-state index in [9.17, 15) is 15.0 Å². The number of rotatable bonds is 6. The summed E-state index contributed by atoms with van der Waals surface area (Å²) < 4.78 is 16.1. The molecule has 2 aliphatic rings. The Morgan fingerprint density at radius 1 is 1.13 bits per heavy atom. The molecule has 7 nitrogen and oxygen atoms in total. The zero-order valence-corrected chi connectivity index (χ0v) is 17.0. The predicted molar refractivity (Wildman–Crippen MR) is 110 cm³/mol. The molecule has 0 spiro atoms. The van der Waals surface area contributed by atoms with Crippen molar-refractivity contribution in [1.82, 2.24) is 5.32 Å². The van der Waals surface area contributed by atoms with Crippen LogP contribution in [0.25, 0.3) is 0 Å². The fourth-order valence-electron chi connectivity index (χ4n) is 4.16. The highest BCUT2D eigenvalue weighted by atomic mass is 16.7. The number of phenolic OH excluding ortho intramolecular Hbond substituents is 1. The highest BCUT2D eigenvalue weighted by Gasteiger charge is 2.27. The molecule has 2 aromatic carbocycles. The van der Waals surface area contributed by atoms with Crippen molar-refractivity contribution in [1.29, 1.82) is 0 Å². The van der Waals surface area contributed by atoms with Crippen LogP contribution in [0, 0.1) is 0 Å². The molecule has 4 rings (SSSR count). The number of amides is 1. The number of carbonyl (C=O) groups is 1. The molecule has 0 saturated heterocycles. The molecule has 3 N–H and O–H groups in total. The molecule has 1 amide bonds. The first-order valence-electron chi connectivity index (χ1n) is 10.3. The summed E-state index contributed by atoms with van der Waals surface area (Å²) in [6.45, 7) is 0.111. The maximum atomic E-state index is 12.9. The first-order chi connectivity index (χ1) is 14.5. The van der Waals surface area contributed by atoms with Gasteiger partial charge in [0.1, 0.15) is 11.5 Å². The van der Waals surface area contributed by atoms with Crippen molar-refractivity contribution in [3.05, 3.63) is 47.5 Å². The van der Waals surface area contributed by atoms with E-state index in [1.807, 2.05) is 24.3 Å². The lowest BCUT2D eigenvalue weighted by Crippen LogP contribution is -2.39. The van der Waals surface area contributed by atoms with Crippen molar-refractivity contribution in [2.75, 3.05) is 13.9 Å². The van der Waals surface area contributed by atoms with Crippen molar-refractivity contribution in [3.8, 4) is 23.0 Å². The van der Waals surface area contributed by atoms with Gasteiger partial charge in [0.2, 0.25) is 12.7 Å². The molecule has 30 heavy (non-hydrogen) atoms. The molecule has 1 unspecified atom stereocenters. The zero-order chi connectivity index (χ0) is 21.1. The molecule has 2 aromatic rings. The van der Waals surface area contributed by atoms with Crippen LogP contribution in [-0.2, 0) is 4.79 Å². The van der Waals surface area contributed by atoms with E-state index in [0.29, 0.717) is 29.9 Å². The largest absolute Gasteiger partial charge is 0.508 e. The number of aliphatic hydroxyl groups is 1. The van der Waals surface area contributed by atoms with Crippen LogP contribution in [0.1, 0.15) is 49.1 Å². The van der Waals surface area contributed by atoms with Crippen LogP contribution in [0.3, 0.4) is 0 Å². The number of carbonyl (C=O) groups excluding carboxylic acids is 1. The number of methoxy groups -OCH3 is 1. The van der Waals surface area contributed by atoms with Gasteiger partial charge >= 0.3 is 0 Å². The smallest absolute Gasteiger partial charge is 0.231 e. The number of aromatic hydroxyl groups is 1. The Balaban J connectivity index is 1.58. The van der Waals surface area contributed by atoms with Gasteiger partial charge in [0, 0.05) is 30.0 Å². The molecule has 1 aliphatic heterocycles. The van der Waals surface area contributed by atoms with Crippen LogP contribution in [0.4, 0.5) is 0 Å². The molecule has 1 saturated carbocycles. The van der Waals surface area contributed by atoms with Gasteiger partial charge in [-0.15, -0.1) is 0 Å². The lowest BCUT2D eigenvalue weighted by Gasteiger charge is -2.27. The second-order valence-electron chi connectivity index (χ2n) is 7.87. The number of hydrogen-bond donors (Lipinski definition) is 3. The van der Waals surface area contributed by atoms with Crippen LogP contribution in [0.2, 0.25) is 0 Å². The number of benzene rings is 2. The highest BCUT2D eigenvalue weighted by molar-refractivity contribution is 5.78. The monoisotopic (exact) mass is 413 g/mol. The van der Waals surface area contributed by atoms with Gasteiger partial charge in [0.25, 0.3) is 0 Å². The van der Waals surface area contributed by atoms with E-state index in [-0.39, 0.29) is 42.9 Å². The minimum atomic E-state index is -0.361. The summed E-state index contributed by atoms with van der Waals surface area (Å²) in [5.74, 6) is 1.39. The highest BCUT2D eigenvalue weighted by Crippen LogP contribution is 2.43. The fourth-order valence-corrected chi connectivity index (χ4v) is 4.16. The number of hydrogen-bond acceptors (Lipinski definition) is 6. The number of aliphatic hydroxyl groups excluding tert-OH is 1. The molecule has 1 aliphatic carbocycles. The predicted octanol–water partition coefficient (Wildman–Crippen LogP) is 3.07. The number of phenols is 1. The summed E-state index contributed by atoms with van der Waals surface area (Å²) in [5.41, 5.74) is 1.50. The second kappa shape index (κ2) is 8.83. The van der Waals surface area contributed by atoms with E-state index >= 15 is 0 Å². The summed E-state index contributed by atoms with van der Waals surface area (Å²) >= 11 is 0. The second-order valence-corrected chi connectivity index (χ2v) is 7.87.